The summed E-state index contributed by atoms with van der Waals surface area (Å²) in [4.78, 5) is 34.4. The number of nitrogens with zero attached hydrogens (tertiary/aromatic N) is 1. The van der Waals surface area contributed by atoms with Gasteiger partial charge in [0.1, 0.15) is 0 Å². The predicted octanol–water partition coefficient (Wildman–Crippen LogP) is 3.57. The van der Waals surface area contributed by atoms with E-state index >= 15 is 0 Å². The maximum absolute atomic E-state index is 12.3. The number of anilines is 1. The molecule has 1 unspecified atom stereocenters. The Morgan fingerprint density at radius 1 is 1.15 bits per heavy atom. The van der Waals surface area contributed by atoms with Crippen molar-refractivity contribution in [3.8, 4) is 5.75 Å². The number of amides is 1. The van der Waals surface area contributed by atoms with Gasteiger partial charge in [0.15, 0.2) is 11.9 Å². The molecule has 0 fully saturated rings. The molecule has 0 aliphatic heterocycles. The standard InChI is InChI=1S/C19H20N2O6/c1-3-12-26-19(23)14-8-10-15(11-9-14)20-18(22)13(2)27-17-7-5-4-6-16(17)21(24)25/h4-11,13H,3,12H2,1-2H3,(H,20,22). The molecule has 0 heterocycles. The number of para-hydroxylation sites is 2. The van der Waals surface area contributed by atoms with Crippen LogP contribution in [-0.4, -0.2) is 29.5 Å². The third-order valence-electron chi connectivity index (χ3n) is 3.56. The third kappa shape index (κ3) is 5.53. The number of hydrogen-bond acceptors (Lipinski definition) is 6. The van der Waals surface area contributed by atoms with E-state index in [2.05, 4.69) is 5.32 Å². The fourth-order valence-corrected chi connectivity index (χ4v) is 2.16. The van der Waals surface area contributed by atoms with E-state index in [9.17, 15) is 19.7 Å². The van der Waals surface area contributed by atoms with Crippen LogP contribution >= 0.6 is 0 Å². The van der Waals surface area contributed by atoms with Gasteiger partial charge in [0.05, 0.1) is 17.1 Å². The van der Waals surface area contributed by atoms with Crippen LogP contribution in [0.4, 0.5) is 11.4 Å². The number of carbonyl (C=O) groups is 2. The molecule has 142 valence electrons. The maximum atomic E-state index is 12.3. The van der Waals surface area contributed by atoms with E-state index in [1.807, 2.05) is 6.92 Å². The van der Waals surface area contributed by atoms with Gasteiger partial charge in [-0.15, -0.1) is 0 Å². The van der Waals surface area contributed by atoms with Gasteiger partial charge in [0.25, 0.3) is 5.91 Å². The van der Waals surface area contributed by atoms with E-state index in [0.29, 0.717) is 17.9 Å². The lowest BCUT2D eigenvalue weighted by Gasteiger charge is -2.15. The topological polar surface area (TPSA) is 108 Å². The van der Waals surface area contributed by atoms with Crippen molar-refractivity contribution >= 4 is 23.3 Å². The Morgan fingerprint density at radius 2 is 1.81 bits per heavy atom. The molecule has 0 aromatic heterocycles. The van der Waals surface area contributed by atoms with Crippen molar-refractivity contribution in [2.24, 2.45) is 0 Å². The molecule has 0 saturated carbocycles. The zero-order chi connectivity index (χ0) is 19.8. The van der Waals surface area contributed by atoms with Gasteiger partial charge in [-0.2, -0.15) is 0 Å². The number of hydrogen-bond donors (Lipinski definition) is 1. The van der Waals surface area contributed by atoms with Crippen molar-refractivity contribution < 1.29 is 24.0 Å². The average Bonchev–Trinajstić information content (AvgIpc) is 2.66. The molecule has 0 bridgehead atoms. The Balaban J connectivity index is 1.98. The number of nitro benzene ring substituents is 1. The molecule has 1 N–H and O–H groups in total. The lowest BCUT2D eigenvalue weighted by molar-refractivity contribution is -0.386. The molecule has 2 aromatic carbocycles. The Morgan fingerprint density at radius 3 is 2.44 bits per heavy atom. The lowest BCUT2D eigenvalue weighted by atomic mass is 10.2. The van der Waals surface area contributed by atoms with E-state index < -0.39 is 22.9 Å². The number of ether oxygens (including phenoxy) is 2. The van der Waals surface area contributed by atoms with Crippen molar-refractivity contribution in [1.29, 1.82) is 0 Å². The van der Waals surface area contributed by atoms with E-state index in [0.717, 1.165) is 6.42 Å². The summed E-state index contributed by atoms with van der Waals surface area (Å²) in [7, 11) is 0. The molecule has 0 spiro atoms. The Kier molecular flexibility index (Phi) is 6.87. The third-order valence-corrected chi connectivity index (χ3v) is 3.56. The molecule has 1 amide bonds. The van der Waals surface area contributed by atoms with Crippen LogP contribution < -0.4 is 10.1 Å². The van der Waals surface area contributed by atoms with Crippen LogP contribution in [0.1, 0.15) is 30.6 Å². The number of benzene rings is 2. The van der Waals surface area contributed by atoms with E-state index in [1.54, 1.807) is 30.3 Å². The summed E-state index contributed by atoms with van der Waals surface area (Å²) in [5.41, 5.74) is 0.628. The minimum absolute atomic E-state index is 0.0131. The van der Waals surface area contributed by atoms with Gasteiger partial charge in [0, 0.05) is 11.8 Å². The molecule has 2 rings (SSSR count). The molecule has 0 radical (unpaired) electrons. The summed E-state index contributed by atoms with van der Waals surface area (Å²) in [6.45, 7) is 3.74. The van der Waals surface area contributed by atoms with Crippen molar-refractivity contribution in [3.63, 3.8) is 0 Å². The fourth-order valence-electron chi connectivity index (χ4n) is 2.16. The predicted molar refractivity (Wildman–Crippen MR) is 98.8 cm³/mol. The number of rotatable bonds is 8. The molecule has 8 heteroatoms. The quantitative estimate of drug-likeness (QED) is 0.431. The maximum Gasteiger partial charge on any atom is 0.338 e. The van der Waals surface area contributed by atoms with Gasteiger partial charge >= 0.3 is 11.7 Å². The molecule has 2 aromatic rings. The first-order chi connectivity index (χ1) is 12.9. The van der Waals surface area contributed by atoms with Gasteiger partial charge in [-0.3, -0.25) is 14.9 Å². The van der Waals surface area contributed by atoms with Gasteiger partial charge in [-0.05, 0) is 43.7 Å². The van der Waals surface area contributed by atoms with Crippen molar-refractivity contribution in [1.82, 2.24) is 0 Å². The monoisotopic (exact) mass is 372 g/mol. The smallest absolute Gasteiger partial charge is 0.338 e. The summed E-state index contributed by atoms with van der Waals surface area (Å²) < 4.78 is 10.5. The van der Waals surface area contributed by atoms with Gasteiger partial charge < -0.3 is 14.8 Å². The van der Waals surface area contributed by atoms with E-state index in [-0.39, 0.29) is 11.4 Å². The van der Waals surface area contributed by atoms with Crippen molar-refractivity contribution in [3.05, 3.63) is 64.2 Å². The van der Waals surface area contributed by atoms with Crippen molar-refractivity contribution in [2.75, 3.05) is 11.9 Å². The summed E-state index contributed by atoms with van der Waals surface area (Å²) in [6.07, 6.45) is -0.225. The zero-order valence-electron chi connectivity index (χ0n) is 15.0. The highest BCUT2D eigenvalue weighted by Gasteiger charge is 2.20. The minimum atomic E-state index is -0.958. The molecule has 0 saturated heterocycles. The van der Waals surface area contributed by atoms with Crippen LogP contribution in [0.5, 0.6) is 5.75 Å². The molecular weight excluding hydrogens is 352 g/mol. The van der Waals surface area contributed by atoms with Crippen LogP contribution in [0.3, 0.4) is 0 Å². The molecular formula is C19H20N2O6. The Bertz CT molecular complexity index is 819. The first kappa shape index (κ1) is 19.9. The highest BCUT2D eigenvalue weighted by Crippen LogP contribution is 2.27. The van der Waals surface area contributed by atoms with Gasteiger partial charge in [-0.25, -0.2) is 4.79 Å². The molecule has 0 aliphatic carbocycles. The van der Waals surface area contributed by atoms with Crippen LogP contribution in [0.2, 0.25) is 0 Å². The Labute approximate surface area is 156 Å². The Hall–Kier alpha value is -3.42. The number of nitrogens with one attached hydrogen (secondary N) is 1. The second-order valence-electron chi connectivity index (χ2n) is 5.69. The molecule has 0 aliphatic rings. The number of nitro groups is 1. The largest absolute Gasteiger partial charge is 0.474 e. The normalized spacial score (nSPS) is 11.3. The van der Waals surface area contributed by atoms with E-state index in [4.69, 9.17) is 9.47 Å². The first-order valence-electron chi connectivity index (χ1n) is 8.40. The van der Waals surface area contributed by atoms with Gasteiger partial charge in [0.2, 0.25) is 0 Å². The van der Waals surface area contributed by atoms with Crippen LogP contribution in [0.15, 0.2) is 48.5 Å². The molecule has 1 atom stereocenters. The summed E-state index contributed by atoms with van der Waals surface area (Å²) in [5, 5.41) is 13.6. The lowest BCUT2D eigenvalue weighted by Crippen LogP contribution is -2.30. The average molecular weight is 372 g/mol. The van der Waals surface area contributed by atoms with E-state index in [1.165, 1.54) is 25.1 Å². The van der Waals surface area contributed by atoms with Crippen LogP contribution in [0, 0.1) is 10.1 Å². The molecule has 27 heavy (non-hydrogen) atoms. The summed E-state index contributed by atoms with van der Waals surface area (Å²) >= 11 is 0. The SMILES string of the molecule is CCCOC(=O)c1ccc(NC(=O)C(C)Oc2ccccc2[N+](=O)[O-])cc1. The van der Waals surface area contributed by atoms with Crippen molar-refractivity contribution in [2.45, 2.75) is 26.4 Å². The van der Waals surface area contributed by atoms with Crippen LogP contribution in [0.25, 0.3) is 0 Å². The summed E-state index contributed by atoms with van der Waals surface area (Å²) in [5.74, 6) is -0.892. The number of carbonyl (C=O) groups excluding carboxylic acids is 2. The fraction of sp³-hybridized carbons (Fsp3) is 0.263. The summed E-state index contributed by atoms with van der Waals surface area (Å²) in [6, 6.07) is 12.1. The highest BCUT2D eigenvalue weighted by atomic mass is 16.6. The highest BCUT2D eigenvalue weighted by molar-refractivity contribution is 5.95. The minimum Gasteiger partial charge on any atom is -0.474 e. The zero-order valence-corrected chi connectivity index (χ0v) is 15.0. The molecule has 8 nitrogen and oxygen atoms in total. The number of esters is 1. The second kappa shape index (κ2) is 9.33. The van der Waals surface area contributed by atoms with Crippen LogP contribution in [-0.2, 0) is 9.53 Å². The first-order valence-corrected chi connectivity index (χ1v) is 8.40. The van der Waals surface area contributed by atoms with Gasteiger partial charge in [-0.1, -0.05) is 19.1 Å². The second-order valence-corrected chi connectivity index (χ2v) is 5.69.